The van der Waals surface area contributed by atoms with Crippen LogP contribution in [0.3, 0.4) is 0 Å². The van der Waals surface area contributed by atoms with Crippen molar-refractivity contribution in [2.45, 2.75) is 38.3 Å². The standard InChI is InChI=1S/C12H17N3O/c1-12(2,9-4-3-7-13-8-9)15-11(16)14-10-5-6-10/h3-4,7-8,10H,5-6H2,1-2H3,(H2,14,15,16). The molecule has 0 atom stereocenters. The van der Waals surface area contributed by atoms with Crippen LogP contribution in [0.15, 0.2) is 24.5 Å². The SMILES string of the molecule is CC(C)(NC(=O)NC1CC1)c1cccnc1. The average Bonchev–Trinajstić information content (AvgIpc) is 3.02. The smallest absolute Gasteiger partial charge is 0.315 e. The van der Waals surface area contributed by atoms with Gasteiger partial charge in [0.1, 0.15) is 0 Å². The van der Waals surface area contributed by atoms with Gasteiger partial charge in [-0.15, -0.1) is 0 Å². The first kappa shape index (κ1) is 10.9. The first-order valence-corrected chi connectivity index (χ1v) is 5.57. The molecule has 0 spiro atoms. The van der Waals surface area contributed by atoms with E-state index < -0.39 is 5.54 Å². The van der Waals surface area contributed by atoms with Crippen molar-refractivity contribution in [1.82, 2.24) is 15.6 Å². The van der Waals surface area contributed by atoms with Crippen molar-refractivity contribution < 1.29 is 4.79 Å². The molecule has 0 aliphatic heterocycles. The number of pyridine rings is 1. The van der Waals surface area contributed by atoms with Crippen molar-refractivity contribution >= 4 is 6.03 Å². The summed E-state index contributed by atoms with van der Waals surface area (Å²) in [5.74, 6) is 0. The monoisotopic (exact) mass is 219 g/mol. The molecule has 0 unspecified atom stereocenters. The van der Waals surface area contributed by atoms with E-state index in [0.29, 0.717) is 6.04 Å². The summed E-state index contributed by atoms with van der Waals surface area (Å²) in [6.45, 7) is 3.94. The Morgan fingerprint density at radius 2 is 2.25 bits per heavy atom. The lowest BCUT2D eigenvalue weighted by molar-refractivity contribution is 0.229. The topological polar surface area (TPSA) is 54.0 Å². The summed E-state index contributed by atoms with van der Waals surface area (Å²) >= 11 is 0. The van der Waals surface area contributed by atoms with Crippen LogP contribution in [-0.2, 0) is 5.54 Å². The quantitative estimate of drug-likeness (QED) is 0.814. The lowest BCUT2D eigenvalue weighted by Gasteiger charge is -2.26. The van der Waals surface area contributed by atoms with Crippen molar-refractivity contribution in [3.63, 3.8) is 0 Å². The fourth-order valence-electron chi connectivity index (χ4n) is 1.54. The molecule has 86 valence electrons. The third kappa shape index (κ3) is 2.72. The summed E-state index contributed by atoms with van der Waals surface area (Å²) in [4.78, 5) is 15.7. The van der Waals surface area contributed by atoms with Gasteiger partial charge in [0.25, 0.3) is 0 Å². The number of hydrogen-bond acceptors (Lipinski definition) is 2. The highest BCUT2D eigenvalue weighted by Crippen LogP contribution is 2.20. The van der Waals surface area contributed by atoms with E-state index in [9.17, 15) is 4.79 Å². The molecule has 0 saturated heterocycles. The molecule has 0 radical (unpaired) electrons. The molecule has 1 aromatic heterocycles. The number of nitrogens with zero attached hydrogens (tertiary/aromatic N) is 1. The van der Waals surface area contributed by atoms with E-state index in [1.54, 1.807) is 12.4 Å². The summed E-state index contributed by atoms with van der Waals surface area (Å²) in [7, 11) is 0. The van der Waals surface area contributed by atoms with Gasteiger partial charge in [-0.1, -0.05) is 6.07 Å². The molecule has 1 saturated carbocycles. The van der Waals surface area contributed by atoms with Crippen LogP contribution in [0.2, 0.25) is 0 Å². The van der Waals surface area contributed by atoms with E-state index in [-0.39, 0.29) is 6.03 Å². The molecule has 1 aromatic rings. The lowest BCUT2D eigenvalue weighted by atomic mass is 9.96. The highest BCUT2D eigenvalue weighted by Gasteiger charge is 2.27. The second-order valence-electron chi connectivity index (χ2n) is 4.74. The Hall–Kier alpha value is -1.58. The van der Waals surface area contributed by atoms with E-state index in [1.165, 1.54) is 0 Å². The van der Waals surface area contributed by atoms with Crippen molar-refractivity contribution in [3.8, 4) is 0 Å². The molecule has 0 bridgehead atoms. The third-order valence-corrected chi connectivity index (χ3v) is 2.72. The first-order chi connectivity index (χ1) is 7.58. The van der Waals surface area contributed by atoms with E-state index >= 15 is 0 Å². The predicted octanol–water partition coefficient (Wildman–Crippen LogP) is 1.78. The van der Waals surface area contributed by atoms with Crippen LogP contribution < -0.4 is 10.6 Å². The van der Waals surface area contributed by atoms with E-state index in [1.807, 2.05) is 26.0 Å². The fourth-order valence-corrected chi connectivity index (χ4v) is 1.54. The van der Waals surface area contributed by atoms with Gasteiger partial charge in [0.05, 0.1) is 5.54 Å². The Labute approximate surface area is 95.5 Å². The van der Waals surface area contributed by atoms with Crippen LogP contribution in [0.1, 0.15) is 32.3 Å². The van der Waals surface area contributed by atoms with Gasteiger partial charge < -0.3 is 10.6 Å². The van der Waals surface area contributed by atoms with Crippen molar-refractivity contribution in [1.29, 1.82) is 0 Å². The number of carbonyl (C=O) groups excluding carboxylic acids is 1. The Kier molecular flexibility index (Phi) is 2.81. The summed E-state index contributed by atoms with van der Waals surface area (Å²) in [6, 6.07) is 4.11. The second kappa shape index (κ2) is 4.12. The minimum atomic E-state index is -0.396. The number of urea groups is 1. The molecular weight excluding hydrogens is 202 g/mol. The summed E-state index contributed by atoms with van der Waals surface area (Å²) in [6.07, 6.45) is 5.70. The molecular formula is C12H17N3O. The van der Waals surface area contributed by atoms with Gasteiger partial charge in [-0.3, -0.25) is 4.98 Å². The summed E-state index contributed by atoms with van der Waals surface area (Å²) in [5.41, 5.74) is 0.605. The number of amides is 2. The summed E-state index contributed by atoms with van der Waals surface area (Å²) in [5, 5.41) is 5.86. The molecule has 1 fully saturated rings. The minimum Gasteiger partial charge on any atom is -0.335 e. The predicted molar refractivity (Wildman–Crippen MR) is 62.0 cm³/mol. The lowest BCUT2D eigenvalue weighted by Crippen LogP contribution is -2.47. The zero-order valence-electron chi connectivity index (χ0n) is 9.66. The zero-order valence-corrected chi connectivity index (χ0v) is 9.66. The maximum Gasteiger partial charge on any atom is 0.315 e. The van der Waals surface area contributed by atoms with Crippen molar-refractivity contribution in [3.05, 3.63) is 30.1 Å². The number of carbonyl (C=O) groups is 1. The second-order valence-corrected chi connectivity index (χ2v) is 4.74. The van der Waals surface area contributed by atoms with E-state index in [4.69, 9.17) is 0 Å². The fraction of sp³-hybridized carbons (Fsp3) is 0.500. The van der Waals surface area contributed by atoms with E-state index in [2.05, 4.69) is 15.6 Å². The highest BCUT2D eigenvalue weighted by atomic mass is 16.2. The first-order valence-electron chi connectivity index (χ1n) is 5.57. The molecule has 16 heavy (non-hydrogen) atoms. The molecule has 1 heterocycles. The van der Waals surface area contributed by atoms with Crippen molar-refractivity contribution in [2.24, 2.45) is 0 Å². The Bertz CT molecular complexity index is 371. The normalized spacial score (nSPS) is 15.6. The Balaban J connectivity index is 1.98. The van der Waals surface area contributed by atoms with Gasteiger partial charge >= 0.3 is 6.03 Å². The van der Waals surface area contributed by atoms with Crippen LogP contribution >= 0.6 is 0 Å². The van der Waals surface area contributed by atoms with Gasteiger partial charge in [-0.2, -0.15) is 0 Å². The molecule has 0 aromatic carbocycles. The van der Waals surface area contributed by atoms with Crippen LogP contribution in [0.5, 0.6) is 0 Å². The van der Waals surface area contributed by atoms with E-state index in [0.717, 1.165) is 18.4 Å². The number of nitrogens with one attached hydrogen (secondary N) is 2. The number of rotatable bonds is 3. The van der Waals surface area contributed by atoms with Crippen LogP contribution in [0, 0.1) is 0 Å². The zero-order chi connectivity index (χ0) is 11.6. The number of aromatic nitrogens is 1. The summed E-state index contributed by atoms with van der Waals surface area (Å²) < 4.78 is 0. The van der Waals surface area contributed by atoms with Crippen LogP contribution in [0.4, 0.5) is 4.79 Å². The van der Waals surface area contributed by atoms with Gasteiger partial charge in [0, 0.05) is 18.4 Å². The number of hydrogen-bond donors (Lipinski definition) is 2. The molecule has 4 heteroatoms. The molecule has 1 aliphatic carbocycles. The van der Waals surface area contributed by atoms with Gasteiger partial charge in [-0.05, 0) is 38.3 Å². The molecule has 2 rings (SSSR count). The minimum absolute atomic E-state index is 0.101. The van der Waals surface area contributed by atoms with Crippen LogP contribution in [-0.4, -0.2) is 17.1 Å². The maximum absolute atomic E-state index is 11.6. The maximum atomic E-state index is 11.6. The Morgan fingerprint density at radius 1 is 1.50 bits per heavy atom. The molecule has 2 amide bonds. The highest BCUT2D eigenvalue weighted by molar-refractivity contribution is 5.75. The van der Waals surface area contributed by atoms with Crippen molar-refractivity contribution in [2.75, 3.05) is 0 Å². The average molecular weight is 219 g/mol. The molecule has 2 N–H and O–H groups in total. The van der Waals surface area contributed by atoms with Crippen LogP contribution in [0.25, 0.3) is 0 Å². The molecule has 4 nitrogen and oxygen atoms in total. The van der Waals surface area contributed by atoms with Gasteiger partial charge in [0.2, 0.25) is 0 Å². The Morgan fingerprint density at radius 3 is 2.81 bits per heavy atom. The third-order valence-electron chi connectivity index (χ3n) is 2.72. The van der Waals surface area contributed by atoms with Gasteiger partial charge in [0.15, 0.2) is 0 Å². The molecule has 1 aliphatic rings. The van der Waals surface area contributed by atoms with Gasteiger partial charge in [-0.25, -0.2) is 4.79 Å². The largest absolute Gasteiger partial charge is 0.335 e.